The second-order valence-corrected chi connectivity index (χ2v) is 7.23. The molecule has 4 N–H and O–H groups in total. The van der Waals surface area contributed by atoms with E-state index < -0.39 is 0 Å². The van der Waals surface area contributed by atoms with Gasteiger partial charge in [-0.15, -0.1) is 0 Å². The van der Waals surface area contributed by atoms with Gasteiger partial charge in [0.2, 0.25) is 0 Å². The summed E-state index contributed by atoms with van der Waals surface area (Å²) in [5.74, 6) is 0.336. The lowest BCUT2D eigenvalue weighted by atomic mass is 10.1. The first kappa shape index (κ1) is 13.8. The molecule has 0 saturated heterocycles. The summed E-state index contributed by atoms with van der Waals surface area (Å²) < 4.78 is 0.208. The van der Waals surface area contributed by atoms with Crippen molar-refractivity contribution in [3.05, 3.63) is 11.4 Å². The zero-order valence-electron chi connectivity index (χ0n) is 11.9. The summed E-state index contributed by atoms with van der Waals surface area (Å²) in [5, 5.41) is 10.1. The molecule has 2 aliphatic rings. The van der Waals surface area contributed by atoms with Crippen molar-refractivity contribution in [1.29, 1.82) is 0 Å². The van der Waals surface area contributed by atoms with Crippen molar-refractivity contribution in [2.45, 2.75) is 49.2 Å². The summed E-state index contributed by atoms with van der Waals surface area (Å²) in [6.07, 6.45) is 9.29. The predicted molar refractivity (Wildman–Crippen MR) is 82.0 cm³/mol. The molecule has 0 unspecified atom stereocenters. The largest absolute Gasteiger partial charge is 0.395 e. The molecule has 1 amide bonds. The third-order valence-electron chi connectivity index (χ3n) is 4.55. The maximum absolute atomic E-state index is 12.3. The van der Waals surface area contributed by atoms with Crippen LogP contribution in [0, 0.1) is 0 Å². The molecule has 5 nitrogen and oxygen atoms in total. The number of nitrogen functional groups attached to an aromatic ring is 1. The number of nitrogens with one attached hydrogen (secondary N) is 2. The number of carbonyl (C=O) groups is 1. The highest BCUT2D eigenvalue weighted by Gasteiger charge is 2.34. The number of hydrogen-bond acceptors (Lipinski definition) is 4. The molecule has 0 aromatic carbocycles. The number of thioether (sulfide) groups is 1. The Morgan fingerprint density at radius 2 is 2.20 bits per heavy atom. The number of rotatable bonds is 5. The van der Waals surface area contributed by atoms with E-state index in [-0.39, 0.29) is 10.7 Å². The standard InChI is InChI=1S/C14H22N4OS/c1-20-14(6-2-3-7-14)8-16-13(19)12-10(15)11(17-18-12)9-4-5-9/h9H,2-8,15H2,1H3,(H,16,19)(H,17,18). The topological polar surface area (TPSA) is 83.8 Å². The van der Waals surface area contributed by atoms with E-state index in [1.165, 1.54) is 25.7 Å². The molecular formula is C14H22N4OS. The number of aromatic amines is 1. The first-order valence-electron chi connectivity index (χ1n) is 7.32. The van der Waals surface area contributed by atoms with E-state index >= 15 is 0 Å². The molecule has 110 valence electrons. The van der Waals surface area contributed by atoms with Gasteiger partial charge in [0.15, 0.2) is 5.69 Å². The van der Waals surface area contributed by atoms with Crippen LogP contribution < -0.4 is 11.1 Å². The van der Waals surface area contributed by atoms with E-state index in [1.807, 2.05) is 11.8 Å². The monoisotopic (exact) mass is 294 g/mol. The molecule has 0 atom stereocenters. The van der Waals surface area contributed by atoms with Crippen LogP contribution in [0.15, 0.2) is 0 Å². The van der Waals surface area contributed by atoms with Crippen molar-refractivity contribution >= 4 is 23.4 Å². The summed E-state index contributed by atoms with van der Waals surface area (Å²) in [6, 6.07) is 0. The first-order chi connectivity index (χ1) is 9.65. The molecule has 1 aromatic heterocycles. The molecule has 0 aliphatic heterocycles. The highest BCUT2D eigenvalue weighted by molar-refractivity contribution is 8.00. The summed E-state index contributed by atoms with van der Waals surface area (Å²) in [7, 11) is 0. The lowest BCUT2D eigenvalue weighted by molar-refractivity contribution is 0.0945. The van der Waals surface area contributed by atoms with Crippen molar-refractivity contribution in [2.24, 2.45) is 0 Å². The summed E-state index contributed by atoms with van der Waals surface area (Å²) >= 11 is 1.87. The van der Waals surface area contributed by atoms with E-state index in [0.717, 1.165) is 18.5 Å². The van der Waals surface area contributed by atoms with Crippen molar-refractivity contribution in [3.63, 3.8) is 0 Å². The Bertz CT molecular complexity index is 503. The number of nitrogens with zero attached hydrogens (tertiary/aromatic N) is 1. The normalized spacial score (nSPS) is 21.1. The SMILES string of the molecule is CSC1(CNC(=O)c2n[nH]c(C3CC3)c2N)CCCC1. The highest BCUT2D eigenvalue weighted by Crippen LogP contribution is 2.42. The third kappa shape index (κ3) is 2.53. The number of amides is 1. The second-order valence-electron chi connectivity index (χ2n) is 5.95. The fraction of sp³-hybridized carbons (Fsp3) is 0.714. The van der Waals surface area contributed by atoms with Gasteiger partial charge in [-0.05, 0) is 31.9 Å². The van der Waals surface area contributed by atoms with E-state index in [0.29, 0.717) is 23.8 Å². The Morgan fingerprint density at radius 3 is 2.80 bits per heavy atom. The predicted octanol–water partition coefficient (Wildman–Crippen LogP) is 2.27. The summed E-state index contributed by atoms with van der Waals surface area (Å²) in [4.78, 5) is 12.3. The van der Waals surface area contributed by atoms with Gasteiger partial charge in [0, 0.05) is 17.2 Å². The van der Waals surface area contributed by atoms with Crippen LogP contribution in [-0.4, -0.2) is 33.7 Å². The smallest absolute Gasteiger partial charge is 0.273 e. The number of aromatic nitrogens is 2. The second kappa shape index (κ2) is 5.31. The van der Waals surface area contributed by atoms with Gasteiger partial charge >= 0.3 is 0 Å². The van der Waals surface area contributed by atoms with Gasteiger partial charge in [0.05, 0.1) is 11.4 Å². The van der Waals surface area contributed by atoms with Crippen molar-refractivity contribution < 1.29 is 4.79 Å². The van der Waals surface area contributed by atoms with Gasteiger partial charge in [-0.2, -0.15) is 16.9 Å². The van der Waals surface area contributed by atoms with Crippen LogP contribution in [0.4, 0.5) is 5.69 Å². The van der Waals surface area contributed by atoms with Gasteiger partial charge in [-0.3, -0.25) is 9.89 Å². The highest BCUT2D eigenvalue weighted by atomic mass is 32.2. The van der Waals surface area contributed by atoms with Crippen LogP contribution in [0.5, 0.6) is 0 Å². The lowest BCUT2D eigenvalue weighted by Crippen LogP contribution is -2.38. The molecule has 6 heteroatoms. The quantitative estimate of drug-likeness (QED) is 0.778. The zero-order chi connectivity index (χ0) is 14.2. The van der Waals surface area contributed by atoms with Gasteiger partial charge < -0.3 is 11.1 Å². The maximum atomic E-state index is 12.3. The molecule has 1 aromatic rings. The molecule has 0 bridgehead atoms. The number of carbonyl (C=O) groups excluding carboxylic acids is 1. The molecule has 3 rings (SSSR count). The molecule has 2 aliphatic carbocycles. The lowest BCUT2D eigenvalue weighted by Gasteiger charge is -2.26. The van der Waals surface area contributed by atoms with Gasteiger partial charge in [0.25, 0.3) is 5.91 Å². The Morgan fingerprint density at radius 1 is 1.50 bits per heavy atom. The van der Waals surface area contributed by atoms with Crippen LogP contribution in [-0.2, 0) is 0 Å². The number of hydrogen-bond donors (Lipinski definition) is 3. The molecule has 0 spiro atoms. The fourth-order valence-electron chi connectivity index (χ4n) is 3.02. The molecule has 2 saturated carbocycles. The van der Waals surface area contributed by atoms with Crippen LogP contribution in [0.2, 0.25) is 0 Å². The van der Waals surface area contributed by atoms with Crippen LogP contribution >= 0.6 is 11.8 Å². The Kier molecular flexibility index (Phi) is 3.67. The fourth-order valence-corrected chi connectivity index (χ4v) is 3.93. The van der Waals surface area contributed by atoms with Crippen LogP contribution in [0.1, 0.15) is 60.6 Å². The zero-order valence-corrected chi connectivity index (χ0v) is 12.7. The Labute approximate surface area is 123 Å². The van der Waals surface area contributed by atoms with E-state index in [2.05, 4.69) is 21.8 Å². The number of anilines is 1. The first-order valence-corrected chi connectivity index (χ1v) is 8.55. The van der Waals surface area contributed by atoms with E-state index in [1.54, 1.807) is 0 Å². The minimum atomic E-state index is -0.147. The van der Waals surface area contributed by atoms with Gasteiger partial charge in [-0.25, -0.2) is 0 Å². The number of H-pyrrole nitrogens is 1. The van der Waals surface area contributed by atoms with E-state index in [4.69, 9.17) is 5.73 Å². The average molecular weight is 294 g/mol. The van der Waals surface area contributed by atoms with Gasteiger partial charge in [-0.1, -0.05) is 12.8 Å². The molecule has 0 radical (unpaired) electrons. The molecular weight excluding hydrogens is 272 g/mol. The third-order valence-corrected chi connectivity index (χ3v) is 5.97. The Balaban J connectivity index is 1.64. The summed E-state index contributed by atoms with van der Waals surface area (Å²) in [5.41, 5.74) is 7.87. The van der Waals surface area contributed by atoms with Crippen molar-refractivity contribution in [1.82, 2.24) is 15.5 Å². The van der Waals surface area contributed by atoms with Crippen LogP contribution in [0.25, 0.3) is 0 Å². The summed E-state index contributed by atoms with van der Waals surface area (Å²) in [6.45, 7) is 0.706. The van der Waals surface area contributed by atoms with Crippen LogP contribution in [0.3, 0.4) is 0 Å². The number of nitrogens with two attached hydrogens (primary N) is 1. The van der Waals surface area contributed by atoms with Gasteiger partial charge in [0.1, 0.15) is 0 Å². The maximum Gasteiger partial charge on any atom is 0.273 e. The molecule has 2 fully saturated rings. The van der Waals surface area contributed by atoms with Crippen molar-refractivity contribution in [3.8, 4) is 0 Å². The molecule has 1 heterocycles. The molecule has 20 heavy (non-hydrogen) atoms. The minimum Gasteiger partial charge on any atom is -0.395 e. The van der Waals surface area contributed by atoms with Crippen molar-refractivity contribution in [2.75, 3.05) is 18.5 Å². The minimum absolute atomic E-state index is 0.147. The Hall–Kier alpha value is -1.17. The van der Waals surface area contributed by atoms with E-state index in [9.17, 15) is 4.79 Å². The average Bonchev–Trinajstić information content (AvgIpc) is 3.06.